The zero-order valence-corrected chi connectivity index (χ0v) is 17.4. The van der Waals surface area contributed by atoms with Crippen molar-refractivity contribution in [3.05, 3.63) is 86.6 Å². The Hall–Kier alpha value is -4.01. The number of alkyl halides is 2. The van der Waals surface area contributed by atoms with E-state index in [0.29, 0.717) is 16.9 Å². The molecule has 1 unspecified atom stereocenters. The third-order valence-electron chi connectivity index (χ3n) is 5.61. The minimum Gasteiger partial charge on any atom is -0.399 e. The molecule has 0 spiro atoms. The molecule has 3 aromatic rings. The number of rotatable bonds is 5. The summed E-state index contributed by atoms with van der Waals surface area (Å²) >= 11 is 0. The van der Waals surface area contributed by atoms with Gasteiger partial charge in [0.15, 0.2) is 0 Å². The van der Waals surface area contributed by atoms with Gasteiger partial charge in [-0.25, -0.2) is 23.2 Å². The van der Waals surface area contributed by atoms with E-state index in [-0.39, 0.29) is 28.3 Å². The first-order valence-electron chi connectivity index (χ1n) is 9.92. The highest BCUT2D eigenvalue weighted by atomic mass is 19.3. The van der Waals surface area contributed by atoms with Gasteiger partial charge in [0.05, 0.1) is 23.9 Å². The van der Waals surface area contributed by atoms with Crippen molar-refractivity contribution in [2.75, 3.05) is 11.5 Å². The minimum atomic E-state index is -2.69. The van der Waals surface area contributed by atoms with Gasteiger partial charge in [0, 0.05) is 16.9 Å². The maximum Gasteiger partial charge on any atom is 0.345 e. The van der Waals surface area contributed by atoms with E-state index in [4.69, 9.17) is 5.73 Å². The van der Waals surface area contributed by atoms with Gasteiger partial charge in [0.2, 0.25) is 5.95 Å². The quantitative estimate of drug-likeness (QED) is 0.463. The average Bonchev–Trinajstić information content (AvgIpc) is 3.19. The molecule has 0 saturated carbocycles. The summed E-state index contributed by atoms with van der Waals surface area (Å²) in [5, 5.41) is 35.6. The first kappa shape index (κ1) is 22.2. The van der Waals surface area contributed by atoms with Crippen molar-refractivity contribution in [3.63, 3.8) is 0 Å². The highest BCUT2D eigenvalue weighted by Crippen LogP contribution is 2.41. The van der Waals surface area contributed by atoms with E-state index in [1.54, 1.807) is 19.1 Å². The number of nitriles is 1. The lowest BCUT2D eigenvalue weighted by Crippen LogP contribution is -2.38. The van der Waals surface area contributed by atoms with Crippen molar-refractivity contribution in [2.45, 2.75) is 25.5 Å². The van der Waals surface area contributed by atoms with Crippen LogP contribution in [0.15, 0.2) is 58.7 Å². The predicted octanol–water partition coefficient (Wildman–Crippen LogP) is 2.34. The molecule has 2 heterocycles. The largest absolute Gasteiger partial charge is 0.399 e. The van der Waals surface area contributed by atoms with Gasteiger partial charge in [0.1, 0.15) is 12.1 Å². The van der Waals surface area contributed by atoms with Crippen LogP contribution in [0.25, 0.3) is 0 Å². The molecule has 33 heavy (non-hydrogen) atoms. The zero-order chi connectivity index (χ0) is 23.9. The Morgan fingerprint density at radius 3 is 2.73 bits per heavy atom. The number of nitrogens with one attached hydrogen (secondary N) is 1. The van der Waals surface area contributed by atoms with Gasteiger partial charge in [0.25, 0.3) is 6.43 Å². The summed E-state index contributed by atoms with van der Waals surface area (Å²) < 4.78 is 27.8. The number of fused-ring (bicyclic) bond motifs is 1. The van der Waals surface area contributed by atoms with Crippen LogP contribution in [0.3, 0.4) is 0 Å². The minimum absolute atomic E-state index is 0.108. The van der Waals surface area contributed by atoms with E-state index in [9.17, 15) is 29.1 Å². The molecular formula is C22H20F2N6O3. The lowest BCUT2D eigenvalue weighted by atomic mass is 9.91. The fourth-order valence-electron chi connectivity index (χ4n) is 4.00. The number of nitrogens with two attached hydrogens (primary N) is 1. The molecule has 170 valence electrons. The predicted molar refractivity (Wildman–Crippen MR) is 115 cm³/mol. The lowest BCUT2D eigenvalue weighted by molar-refractivity contribution is 0.0945. The van der Waals surface area contributed by atoms with E-state index in [2.05, 4.69) is 10.2 Å². The van der Waals surface area contributed by atoms with Crippen LogP contribution in [-0.2, 0) is 0 Å². The second-order valence-corrected chi connectivity index (χ2v) is 7.53. The number of hydrogen-bond acceptors (Lipinski definition) is 7. The second-order valence-electron chi connectivity index (χ2n) is 7.53. The highest BCUT2D eigenvalue weighted by Gasteiger charge is 2.36. The second kappa shape index (κ2) is 8.50. The van der Waals surface area contributed by atoms with Crippen molar-refractivity contribution in [1.29, 1.82) is 5.26 Å². The standard InChI is InChI=1S/C22H20F2N6O3/c1-11-18(26)19(15-6-5-12(9-25)7-16(15)17(32)10-31)30-21(27-28-22(30)33)29(11)14-4-2-3-13(8-14)20(23)24/h2-8,17,19-20,31-32H,10,26H2,1H3,(H,28,33)/t17?,19-/m0/s1. The molecule has 4 rings (SSSR count). The van der Waals surface area contributed by atoms with E-state index in [1.165, 1.54) is 39.8 Å². The van der Waals surface area contributed by atoms with Gasteiger partial charge in [-0.15, -0.1) is 5.10 Å². The van der Waals surface area contributed by atoms with E-state index in [0.717, 1.165) is 0 Å². The lowest BCUT2D eigenvalue weighted by Gasteiger charge is -2.36. The van der Waals surface area contributed by atoms with Crippen LogP contribution in [-0.4, -0.2) is 31.6 Å². The summed E-state index contributed by atoms with van der Waals surface area (Å²) in [6.45, 7) is 1.04. The number of allylic oxidation sites excluding steroid dienone is 2. The molecule has 1 aliphatic rings. The number of benzene rings is 2. The molecule has 1 aromatic heterocycles. The molecule has 0 saturated heterocycles. The number of H-pyrrole nitrogens is 1. The zero-order valence-electron chi connectivity index (χ0n) is 17.4. The molecule has 0 fully saturated rings. The maximum absolute atomic E-state index is 13.3. The Bertz CT molecular complexity index is 1340. The summed E-state index contributed by atoms with van der Waals surface area (Å²) in [5.41, 5.74) is 7.50. The van der Waals surface area contributed by atoms with E-state index in [1.807, 2.05) is 6.07 Å². The van der Waals surface area contributed by atoms with Gasteiger partial charge in [-0.1, -0.05) is 18.2 Å². The molecule has 1 aliphatic heterocycles. The summed E-state index contributed by atoms with van der Waals surface area (Å²) in [4.78, 5) is 14.3. The van der Waals surface area contributed by atoms with Crippen molar-refractivity contribution < 1.29 is 19.0 Å². The topological polar surface area (TPSA) is 144 Å². The number of nitrogens with zero attached hydrogens (tertiary/aromatic N) is 4. The van der Waals surface area contributed by atoms with Crippen molar-refractivity contribution in [2.24, 2.45) is 5.73 Å². The first-order chi connectivity index (χ1) is 15.8. The fourth-order valence-corrected chi connectivity index (χ4v) is 4.00. The molecule has 11 heteroatoms. The van der Waals surface area contributed by atoms with Crippen LogP contribution in [0.2, 0.25) is 0 Å². The van der Waals surface area contributed by atoms with Gasteiger partial charge in [-0.05, 0) is 42.3 Å². The molecule has 9 nitrogen and oxygen atoms in total. The Labute approximate surface area is 186 Å². The molecule has 0 bridgehead atoms. The number of aromatic amines is 1. The van der Waals surface area contributed by atoms with Crippen LogP contribution >= 0.6 is 0 Å². The van der Waals surface area contributed by atoms with Gasteiger partial charge in [-0.2, -0.15) is 5.26 Å². The molecule has 2 atom stereocenters. The molecule has 5 N–H and O–H groups in total. The van der Waals surface area contributed by atoms with Gasteiger partial charge >= 0.3 is 5.69 Å². The van der Waals surface area contributed by atoms with Crippen LogP contribution in [0, 0.1) is 11.3 Å². The third-order valence-corrected chi connectivity index (χ3v) is 5.61. The van der Waals surface area contributed by atoms with Crippen molar-refractivity contribution in [1.82, 2.24) is 14.8 Å². The molecule has 0 aliphatic carbocycles. The van der Waals surface area contributed by atoms with E-state index < -0.39 is 30.9 Å². The summed E-state index contributed by atoms with van der Waals surface area (Å²) in [6, 6.07) is 11.2. The number of aliphatic hydroxyl groups excluding tert-OH is 2. The Balaban J connectivity index is 1.95. The number of halogens is 2. The molecule has 0 amide bonds. The summed E-state index contributed by atoms with van der Waals surface area (Å²) in [7, 11) is 0. The number of anilines is 2. The van der Waals surface area contributed by atoms with Crippen molar-refractivity contribution in [3.8, 4) is 6.07 Å². The number of hydrogen-bond donors (Lipinski definition) is 4. The molecule has 2 aromatic carbocycles. The monoisotopic (exact) mass is 454 g/mol. The van der Waals surface area contributed by atoms with Gasteiger partial charge < -0.3 is 15.9 Å². The number of aliphatic hydroxyl groups is 2. The fraction of sp³-hybridized carbons (Fsp3) is 0.227. The maximum atomic E-state index is 13.3. The molecule has 0 radical (unpaired) electrons. The Kier molecular flexibility index (Phi) is 5.71. The van der Waals surface area contributed by atoms with E-state index >= 15 is 0 Å². The summed E-state index contributed by atoms with van der Waals surface area (Å²) in [6.07, 6.45) is -4.01. The van der Waals surface area contributed by atoms with Crippen LogP contribution < -0.4 is 16.3 Å². The first-order valence-corrected chi connectivity index (χ1v) is 9.92. The van der Waals surface area contributed by atoms with Gasteiger partial charge in [-0.3, -0.25) is 4.90 Å². The third kappa shape index (κ3) is 3.65. The van der Waals surface area contributed by atoms with Crippen LogP contribution in [0.1, 0.15) is 47.7 Å². The van der Waals surface area contributed by atoms with Crippen LogP contribution in [0.4, 0.5) is 20.4 Å². The highest BCUT2D eigenvalue weighted by molar-refractivity contribution is 5.67. The Morgan fingerprint density at radius 1 is 1.30 bits per heavy atom. The Morgan fingerprint density at radius 2 is 2.06 bits per heavy atom. The van der Waals surface area contributed by atoms with Crippen molar-refractivity contribution >= 4 is 11.6 Å². The SMILES string of the molecule is CC1=C(N)[C@H](c2ccc(C#N)cc2C(O)CO)n2c(n[nH]c2=O)N1c1cccc(C(F)F)c1. The smallest absolute Gasteiger partial charge is 0.345 e. The number of aromatic nitrogens is 3. The normalized spacial score (nSPS) is 16.6. The summed E-state index contributed by atoms with van der Waals surface area (Å²) in [5.74, 6) is 0.108. The van der Waals surface area contributed by atoms with Crippen LogP contribution in [0.5, 0.6) is 0 Å². The average molecular weight is 454 g/mol. The molecular weight excluding hydrogens is 434 g/mol.